The summed E-state index contributed by atoms with van der Waals surface area (Å²) in [6.45, 7) is 1.97. The number of hydrogen-bond donors (Lipinski definition) is 1. The summed E-state index contributed by atoms with van der Waals surface area (Å²) in [5.74, 6) is 0.327. The summed E-state index contributed by atoms with van der Waals surface area (Å²) in [4.78, 5) is 24.9. The maximum atomic E-state index is 13.1. The predicted octanol–water partition coefficient (Wildman–Crippen LogP) is 3.29. The first-order valence-corrected chi connectivity index (χ1v) is 8.94. The third kappa shape index (κ3) is 4.08. The van der Waals surface area contributed by atoms with E-state index in [0.717, 1.165) is 0 Å². The summed E-state index contributed by atoms with van der Waals surface area (Å²) < 4.78 is 16.7. The Bertz CT molecular complexity index is 1130. The Hall–Kier alpha value is -3.74. The van der Waals surface area contributed by atoms with E-state index in [1.807, 2.05) is 0 Å². The number of carbonyl (C=O) groups is 1. The summed E-state index contributed by atoms with van der Waals surface area (Å²) in [6.07, 6.45) is 4.41. The van der Waals surface area contributed by atoms with Crippen molar-refractivity contribution in [2.75, 3.05) is 20.8 Å². The first kappa shape index (κ1) is 20.0. The molecular weight excluding hydrogens is 374 g/mol. The normalized spacial score (nSPS) is 11.0. The Morgan fingerprint density at radius 1 is 1.10 bits per heavy atom. The molecule has 29 heavy (non-hydrogen) atoms. The lowest BCUT2D eigenvalue weighted by atomic mass is 10.0. The van der Waals surface area contributed by atoms with Gasteiger partial charge in [-0.3, -0.25) is 9.36 Å². The zero-order chi connectivity index (χ0) is 21.0. The number of carbonyl (C=O) groups excluding carboxylic acids is 1. The molecule has 7 nitrogen and oxygen atoms in total. The minimum Gasteiger partial charge on any atom is -0.507 e. The summed E-state index contributed by atoms with van der Waals surface area (Å²) in [6, 6.07) is 9.93. The van der Waals surface area contributed by atoms with E-state index < -0.39 is 11.5 Å². The highest BCUT2D eigenvalue weighted by Crippen LogP contribution is 2.31. The fourth-order valence-corrected chi connectivity index (χ4v) is 2.97. The molecule has 7 heteroatoms. The molecule has 0 amide bonds. The quantitative estimate of drug-likeness (QED) is 0.509. The fourth-order valence-electron chi connectivity index (χ4n) is 2.97. The van der Waals surface area contributed by atoms with Crippen molar-refractivity contribution in [3.63, 3.8) is 0 Å². The largest absolute Gasteiger partial charge is 0.507 e. The molecule has 0 spiro atoms. The molecule has 0 radical (unpaired) electrons. The highest BCUT2D eigenvalue weighted by atomic mass is 16.5. The molecule has 0 aliphatic rings. The van der Waals surface area contributed by atoms with Gasteiger partial charge in [-0.15, -0.1) is 0 Å². The lowest BCUT2D eigenvalue weighted by Crippen LogP contribution is -2.19. The van der Waals surface area contributed by atoms with Crippen LogP contribution in [0.4, 0.5) is 0 Å². The molecule has 3 rings (SSSR count). The third-order valence-corrected chi connectivity index (χ3v) is 4.37. The average molecular weight is 395 g/mol. The topological polar surface area (TPSA) is 87.0 Å². The van der Waals surface area contributed by atoms with Crippen LogP contribution < -0.4 is 15.0 Å². The SMILES string of the molecule is CCOC(=O)/C=C/c1cn(-c2ccc(OC)cc2)c(=O)c2c(O)cc(OC)cc12. The van der Waals surface area contributed by atoms with Gasteiger partial charge in [-0.1, -0.05) is 0 Å². The number of ether oxygens (including phenoxy) is 3. The second kappa shape index (κ2) is 8.52. The van der Waals surface area contributed by atoms with E-state index in [1.54, 1.807) is 56.6 Å². The van der Waals surface area contributed by atoms with Crippen LogP contribution in [0.1, 0.15) is 12.5 Å². The number of rotatable bonds is 6. The zero-order valence-electron chi connectivity index (χ0n) is 16.3. The van der Waals surface area contributed by atoms with Crippen LogP contribution in [0.5, 0.6) is 17.2 Å². The van der Waals surface area contributed by atoms with Crippen molar-refractivity contribution < 1.29 is 24.1 Å². The third-order valence-electron chi connectivity index (χ3n) is 4.37. The minimum atomic E-state index is -0.505. The van der Waals surface area contributed by atoms with Crippen LogP contribution in [-0.2, 0) is 9.53 Å². The van der Waals surface area contributed by atoms with Gasteiger partial charge < -0.3 is 19.3 Å². The molecular formula is C22H21NO6. The number of fused-ring (bicyclic) bond motifs is 1. The molecule has 0 unspecified atom stereocenters. The van der Waals surface area contributed by atoms with Crippen LogP contribution in [0.2, 0.25) is 0 Å². The monoisotopic (exact) mass is 395 g/mol. The highest BCUT2D eigenvalue weighted by Gasteiger charge is 2.15. The maximum absolute atomic E-state index is 13.1. The van der Waals surface area contributed by atoms with Gasteiger partial charge in [0, 0.05) is 29.4 Å². The zero-order valence-corrected chi connectivity index (χ0v) is 16.3. The molecule has 0 fully saturated rings. The van der Waals surface area contributed by atoms with Crippen molar-refractivity contribution in [1.82, 2.24) is 4.57 Å². The number of pyridine rings is 1. The van der Waals surface area contributed by atoms with Gasteiger partial charge in [0.2, 0.25) is 0 Å². The molecule has 1 heterocycles. The number of benzene rings is 2. The first-order valence-electron chi connectivity index (χ1n) is 8.94. The highest BCUT2D eigenvalue weighted by molar-refractivity contribution is 5.97. The molecule has 2 aromatic carbocycles. The molecule has 0 bridgehead atoms. The molecule has 0 saturated heterocycles. The fraction of sp³-hybridized carbons (Fsp3) is 0.182. The van der Waals surface area contributed by atoms with Gasteiger partial charge in [-0.25, -0.2) is 4.79 Å². The first-order chi connectivity index (χ1) is 14.0. The van der Waals surface area contributed by atoms with Crippen molar-refractivity contribution in [2.45, 2.75) is 6.92 Å². The second-order valence-corrected chi connectivity index (χ2v) is 6.11. The van der Waals surface area contributed by atoms with Gasteiger partial charge in [0.05, 0.1) is 26.2 Å². The van der Waals surface area contributed by atoms with Crippen LogP contribution in [0, 0.1) is 0 Å². The molecule has 150 valence electrons. The number of phenolic OH excluding ortho intramolecular Hbond substituents is 1. The molecule has 0 atom stereocenters. The van der Waals surface area contributed by atoms with Crippen LogP contribution in [0.25, 0.3) is 22.5 Å². The number of esters is 1. The van der Waals surface area contributed by atoms with Gasteiger partial charge in [-0.05, 0) is 48.9 Å². The molecule has 1 N–H and O–H groups in total. The lowest BCUT2D eigenvalue weighted by Gasteiger charge is -2.13. The number of nitrogens with zero attached hydrogens (tertiary/aromatic N) is 1. The lowest BCUT2D eigenvalue weighted by molar-refractivity contribution is -0.137. The van der Waals surface area contributed by atoms with E-state index in [4.69, 9.17) is 14.2 Å². The molecule has 0 aliphatic carbocycles. The minimum absolute atomic E-state index is 0.118. The van der Waals surface area contributed by atoms with Crippen molar-refractivity contribution in [3.8, 4) is 22.9 Å². The molecule has 0 saturated carbocycles. The van der Waals surface area contributed by atoms with E-state index in [0.29, 0.717) is 28.1 Å². The summed E-state index contributed by atoms with van der Waals surface area (Å²) in [5, 5.41) is 11.0. The number of phenols is 1. The van der Waals surface area contributed by atoms with Crippen LogP contribution in [0.15, 0.2) is 53.5 Å². The summed E-state index contributed by atoms with van der Waals surface area (Å²) >= 11 is 0. The van der Waals surface area contributed by atoms with Crippen molar-refractivity contribution in [2.24, 2.45) is 0 Å². The Balaban J connectivity index is 2.27. The number of hydrogen-bond acceptors (Lipinski definition) is 6. The van der Waals surface area contributed by atoms with Crippen molar-refractivity contribution in [3.05, 3.63) is 64.6 Å². The number of aromatic hydroxyl groups is 1. The van der Waals surface area contributed by atoms with Crippen LogP contribution in [-0.4, -0.2) is 36.5 Å². The van der Waals surface area contributed by atoms with E-state index >= 15 is 0 Å². The van der Waals surface area contributed by atoms with E-state index in [9.17, 15) is 14.7 Å². The Morgan fingerprint density at radius 3 is 2.41 bits per heavy atom. The van der Waals surface area contributed by atoms with Crippen LogP contribution >= 0.6 is 0 Å². The van der Waals surface area contributed by atoms with E-state index in [-0.39, 0.29) is 17.7 Å². The molecule has 3 aromatic rings. The standard InChI is InChI=1S/C22H21NO6/c1-4-29-20(25)10-5-14-13-23(15-6-8-16(27-2)9-7-15)22(26)21-18(14)11-17(28-3)12-19(21)24/h5-13,24H,4H2,1-3H3/b10-5+. The maximum Gasteiger partial charge on any atom is 0.330 e. The number of methoxy groups -OCH3 is 2. The molecule has 0 aliphatic heterocycles. The van der Waals surface area contributed by atoms with Gasteiger partial charge in [0.15, 0.2) is 0 Å². The smallest absolute Gasteiger partial charge is 0.330 e. The van der Waals surface area contributed by atoms with Gasteiger partial charge >= 0.3 is 5.97 Å². The van der Waals surface area contributed by atoms with Gasteiger partial charge in [0.1, 0.15) is 17.2 Å². The summed E-state index contributed by atoms with van der Waals surface area (Å²) in [7, 11) is 3.02. The van der Waals surface area contributed by atoms with E-state index in [2.05, 4.69) is 0 Å². The van der Waals surface area contributed by atoms with Gasteiger partial charge in [-0.2, -0.15) is 0 Å². The van der Waals surface area contributed by atoms with Crippen molar-refractivity contribution in [1.29, 1.82) is 0 Å². The Labute approximate surface area is 167 Å². The molecule has 1 aromatic heterocycles. The van der Waals surface area contributed by atoms with Crippen LogP contribution in [0.3, 0.4) is 0 Å². The van der Waals surface area contributed by atoms with Gasteiger partial charge in [0.25, 0.3) is 5.56 Å². The Morgan fingerprint density at radius 2 is 1.79 bits per heavy atom. The predicted molar refractivity (Wildman–Crippen MR) is 110 cm³/mol. The number of aromatic nitrogens is 1. The second-order valence-electron chi connectivity index (χ2n) is 6.11. The van der Waals surface area contributed by atoms with Crippen molar-refractivity contribution >= 4 is 22.8 Å². The Kier molecular flexibility index (Phi) is 5.87. The average Bonchev–Trinajstić information content (AvgIpc) is 2.73. The van der Waals surface area contributed by atoms with E-state index in [1.165, 1.54) is 23.8 Å². The summed E-state index contributed by atoms with van der Waals surface area (Å²) in [5.41, 5.74) is 0.718.